The average Bonchev–Trinajstić information content (AvgIpc) is 2.38. The van der Waals surface area contributed by atoms with Crippen LogP contribution in [0.3, 0.4) is 0 Å². The number of amides is 1. The van der Waals surface area contributed by atoms with E-state index in [4.69, 9.17) is 4.74 Å². The van der Waals surface area contributed by atoms with Gasteiger partial charge in [-0.1, -0.05) is 13.0 Å². The lowest BCUT2D eigenvalue weighted by Gasteiger charge is -2.17. The Balaban J connectivity index is 1.86. The third kappa shape index (κ3) is 3.47. The lowest BCUT2D eigenvalue weighted by molar-refractivity contribution is -0.116. The van der Waals surface area contributed by atoms with Gasteiger partial charge < -0.3 is 15.4 Å². The molecular formula is C14H20N2O2. The van der Waals surface area contributed by atoms with E-state index >= 15 is 0 Å². The van der Waals surface area contributed by atoms with E-state index in [1.54, 1.807) is 0 Å². The van der Waals surface area contributed by atoms with Crippen LogP contribution in [0.1, 0.15) is 25.3 Å². The maximum Gasteiger partial charge on any atom is 0.224 e. The Morgan fingerprint density at radius 3 is 3.06 bits per heavy atom. The molecule has 18 heavy (non-hydrogen) atoms. The van der Waals surface area contributed by atoms with Crippen molar-refractivity contribution in [1.82, 2.24) is 5.32 Å². The van der Waals surface area contributed by atoms with Crippen molar-refractivity contribution in [2.24, 2.45) is 0 Å². The van der Waals surface area contributed by atoms with Gasteiger partial charge in [0.1, 0.15) is 12.4 Å². The second-order valence-corrected chi connectivity index (χ2v) is 4.47. The number of hydrogen-bond donors (Lipinski definition) is 2. The molecule has 1 heterocycles. The molecule has 1 aliphatic heterocycles. The molecule has 0 saturated heterocycles. The third-order valence-electron chi connectivity index (χ3n) is 2.95. The molecule has 0 radical (unpaired) electrons. The molecule has 0 spiro atoms. The Morgan fingerprint density at radius 1 is 1.33 bits per heavy atom. The summed E-state index contributed by atoms with van der Waals surface area (Å²) in [5.41, 5.74) is 2.08. The van der Waals surface area contributed by atoms with E-state index in [-0.39, 0.29) is 5.91 Å². The van der Waals surface area contributed by atoms with Gasteiger partial charge in [-0.3, -0.25) is 4.79 Å². The molecule has 1 amide bonds. The van der Waals surface area contributed by atoms with Crippen LogP contribution in [0.25, 0.3) is 0 Å². The molecule has 0 fully saturated rings. The minimum absolute atomic E-state index is 0.0873. The molecule has 2 N–H and O–H groups in total. The molecule has 0 atom stereocenters. The van der Waals surface area contributed by atoms with Crippen molar-refractivity contribution in [2.45, 2.75) is 26.2 Å². The van der Waals surface area contributed by atoms with Gasteiger partial charge in [0.2, 0.25) is 5.91 Å². The van der Waals surface area contributed by atoms with Crippen molar-refractivity contribution >= 4 is 11.6 Å². The fourth-order valence-electron chi connectivity index (χ4n) is 1.98. The van der Waals surface area contributed by atoms with Crippen molar-refractivity contribution in [1.29, 1.82) is 0 Å². The number of rotatable bonds is 6. The van der Waals surface area contributed by atoms with Crippen molar-refractivity contribution in [3.8, 4) is 5.75 Å². The highest BCUT2D eigenvalue weighted by atomic mass is 16.5. The minimum Gasteiger partial charge on any atom is -0.492 e. The Labute approximate surface area is 108 Å². The van der Waals surface area contributed by atoms with E-state index in [0.717, 1.165) is 37.4 Å². The lowest BCUT2D eigenvalue weighted by Crippen LogP contribution is -2.22. The van der Waals surface area contributed by atoms with Gasteiger partial charge in [-0.15, -0.1) is 0 Å². The highest BCUT2D eigenvalue weighted by molar-refractivity contribution is 5.94. The first kappa shape index (κ1) is 12.9. The fraction of sp³-hybridized carbons (Fsp3) is 0.500. The molecule has 0 unspecified atom stereocenters. The van der Waals surface area contributed by atoms with Crippen LogP contribution in [0.4, 0.5) is 5.69 Å². The molecule has 0 bridgehead atoms. The van der Waals surface area contributed by atoms with Gasteiger partial charge in [-0.2, -0.15) is 0 Å². The molecule has 0 aromatic heterocycles. The van der Waals surface area contributed by atoms with Crippen molar-refractivity contribution < 1.29 is 9.53 Å². The summed E-state index contributed by atoms with van der Waals surface area (Å²) in [4.78, 5) is 11.3. The van der Waals surface area contributed by atoms with E-state index in [1.165, 1.54) is 5.56 Å². The van der Waals surface area contributed by atoms with Crippen molar-refractivity contribution in [2.75, 3.05) is 25.0 Å². The fourth-order valence-corrected chi connectivity index (χ4v) is 1.98. The van der Waals surface area contributed by atoms with Gasteiger partial charge in [-0.05, 0) is 31.0 Å². The summed E-state index contributed by atoms with van der Waals surface area (Å²) in [6.45, 7) is 4.65. The van der Waals surface area contributed by atoms with Gasteiger partial charge >= 0.3 is 0 Å². The quantitative estimate of drug-likeness (QED) is 0.757. The number of fused-ring (bicyclic) bond motifs is 1. The van der Waals surface area contributed by atoms with Crippen molar-refractivity contribution in [3.05, 3.63) is 23.8 Å². The van der Waals surface area contributed by atoms with E-state index in [2.05, 4.69) is 17.6 Å². The first-order chi connectivity index (χ1) is 8.79. The number of carbonyl (C=O) groups excluding carboxylic acids is 1. The topological polar surface area (TPSA) is 50.4 Å². The maximum absolute atomic E-state index is 11.3. The summed E-state index contributed by atoms with van der Waals surface area (Å²) in [5, 5.41) is 6.16. The van der Waals surface area contributed by atoms with E-state index < -0.39 is 0 Å². The number of carbonyl (C=O) groups is 1. The summed E-state index contributed by atoms with van der Waals surface area (Å²) in [5.74, 6) is 0.901. The molecular weight excluding hydrogens is 228 g/mol. The average molecular weight is 248 g/mol. The number of ether oxygens (including phenoxy) is 1. The summed E-state index contributed by atoms with van der Waals surface area (Å²) in [7, 11) is 0. The predicted molar refractivity (Wildman–Crippen MR) is 72.0 cm³/mol. The second kappa shape index (κ2) is 6.40. The first-order valence-electron chi connectivity index (χ1n) is 6.56. The minimum atomic E-state index is 0.0873. The summed E-state index contributed by atoms with van der Waals surface area (Å²) in [6.07, 6.45) is 2.53. The van der Waals surface area contributed by atoms with Crippen LogP contribution in [0.15, 0.2) is 18.2 Å². The van der Waals surface area contributed by atoms with Crippen LogP contribution in [0, 0.1) is 0 Å². The smallest absolute Gasteiger partial charge is 0.224 e. The zero-order valence-corrected chi connectivity index (χ0v) is 10.8. The van der Waals surface area contributed by atoms with Crippen LogP contribution < -0.4 is 15.4 Å². The SMILES string of the molecule is CCCNCCOc1ccc2c(c1)NC(=O)CC2. The van der Waals surface area contributed by atoms with E-state index in [9.17, 15) is 4.79 Å². The highest BCUT2D eigenvalue weighted by Crippen LogP contribution is 2.26. The van der Waals surface area contributed by atoms with Crippen LogP contribution in [-0.2, 0) is 11.2 Å². The Kier molecular flexibility index (Phi) is 4.59. The highest BCUT2D eigenvalue weighted by Gasteiger charge is 2.14. The molecule has 0 aliphatic carbocycles. The predicted octanol–water partition coefficient (Wildman–Crippen LogP) is 1.95. The Hall–Kier alpha value is -1.55. The van der Waals surface area contributed by atoms with Crippen LogP contribution >= 0.6 is 0 Å². The van der Waals surface area contributed by atoms with E-state index in [1.807, 2.05) is 18.2 Å². The van der Waals surface area contributed by atoms with Crippen LogP contribution in [-0.4, -0.2) is 25.6 Å². The van der Waals surface area contributed by atoms with Gasteiger partial charge in [0.15, 0.2) is 0 Å². The number of nitrogens with one attached hydrogen (secondary N) is 2. The number of hydrogen-bond acceptors (Lipinski definition) is 3. The molecule has 98 valence electrons. The molecule has 4 nitrogen and oxygen atoms in total. The number of benzene rings is 1. The van der Waals surface area contributed by atoms with Gasteiger partial charge in [0.05, 0.1) is 0 Å². The maximum atomic E-state index is 11.3. The van der Waals surface area contributed by atoms with Crippen LogP contribution in [0.5, 0.6) is 5.75 Å². The molecule has 0 saturated carbocycles. The first-order valence-corrected chi connectivity index (χ1v) is 6.56. The largest absolute Gasteiger partial charge is 0.492 e. The Morgan fingerprint density at radius 2 is 2.22 bits per heavy atom. The number of aryl methyl sites for hydroxylation is 1. The molecule has 4 heteroatoms. The Bertz CT molecular complexity index is 418. The number of anilines is 1. The molecule has 1 aromatic rings. The summed E-state index contributed by atoms with van der Waals surface area (Å²) < 4.78 is 5.64. The normalized spacial score (nSPS) is 13.9. The molecule has 2 rings (SSSR count). The zero-order chi connectivity index (χ0) is 12.8. The molecule has 1 aromatic carbocycles. The summed E-state index contributed by atoms with van der Waals surface area (Å²) >= 11 is 0. The van der Waals surface area contributed by atoms with Crippen molar-refractivity contribution in [3.63, 3.8) is 0 Å². The lowest BCUT2D eigenvalue weighted by atomic mass is 10.0. The van der Waals surface area contributed by atoms with E-state index in [0.29, 0.717) is 13.0 Å². The zero-order valence-electron chi connectivity index (χ0n) is 10.8. The van der Waals surface area contributed by atoms with Gasteiger partial charge in [0.25, 0.3) is 0 Å². The second-order valence-electron chi connectivity index (χ2n) is 4.47. The standard InChI is InChI=1S/C14H20N2O2/c1-2-7-15-8-9-18-12-5-3-11-4-6-14(17)16-13(11)10-12/h3,5,10,15H,2,4,6-9H2,1H3,(H,16,17). The van der Waals surface area contributed by atoms with Gasteiger partial charge in [0, 0.05) is 24.7 Å². The summed E-state index contributed by atoms with van der Waals surface area (Å²) in [6, 6.07) is 5.91. The molecule has 1 aliphatic rings. The monoisotopic (exact) mass is 248 g/mol. The van der Waals surface area contributed by atoms with Crippen LogP contribution in [0.2, 0.25) is 0 Å². The van der Waals surface area contributed by atoms with Gasteiger partial charge in [-0.25, -0.2) is 0 Å². The third-order valence-corrected chi connectivity index (χ3v) is 2.95.